The van der Waals surface area contributed by atoms with Gasteiger partial charge in [0.25, 0.3) is 6.43 Å². The second-order valence-electron chi connectivity index (χ2n) is 3.04. The molecule has 96 valence electrons. The predicted molar refractivity (Wildman–Crippen MR) is 47.1 cm³/mol. The van der Waals surface area contributed by atoms with Crippen molar-refractivity contribution in [3.8, 4) is 0 Å². The van der Waals surface area contributed by atoms with Crippen LogP contribution in [-0.4, -0.2) is 22.8 Å². The van der Waals surface area contributed by atoms with E-state index in [1.807, 2.05) is 0 Å². The molecule has 0 fully saturated rings. The minimum absolute atomic E-state index is 0.279. The predicted octanol–water partition coefficient (Wildman–Crippen LogP) is 2.08. The molecule has 0 aliphatic rings. The number of hydrogen-bond donors (Lipinski definition) is 1. The van der Waals surface area contributed by atoms with Crippen molar-refractivity contribution in [2.24, 2.45) is 0 Å². The van der Waals surface area contributed by atoms with Crippen molar-refractivity contribution >= 4 is 5.69 Å². The summed E-state index contributed by atoms with van der Waals surface area (Å²) >= 11 is 0. The zero-order chi connectivity index (χ0) is 13.1. The molecular formula is C8H8F5N3O. The molecule has 9 heteroatoms. The van der Waals surface area contributed by atoms with E-state index >= 15 is 0 Å². The fourth-order valence-corrected chi connectivity index (χ4v) is 0.945. The topological polar surface area (TPSA) is 61.0 Å². The van der Waals surface area contributed by atoms with E-state index in [4.69, 9.17) is 5.73 Å². The van der Waals surface area contributed by atoms with Crippen LogP contribution in [0, 0.1) is 0 Å². The first-order valence-electron chi connectivity index (χ1n) is 4.33. The van der Waals surface area contributed by atoms with Gasteiger partial charge in [0.1, 0.15) is 18.9 Å². The Kier molecular flexibility index (Phi) is 4.16. The summed E-state index contributed by atoms with van der Waals surface area (Å²) in [5.74, 6) is -0.279. The Morgan fingerprint density at radius 1 is 1.35 bits per heavy atom. The average molecular weight is 257 g/mol. The number of anilines is 1. The van der Waals surface area contributed by atoms with Gasteiger partial charge in [-0.2, -0.15) is 13.2 Å². The minimum atomic E-state index is -4.49. The first kappa shape index (κ1) is 13.6. The molecule has 1 aromatic heterocycles. The third kappa shape index (κ3) is 4.47. The van der Waals surface area contributed by atoms with Crippen LogP contribution in [0.25, 0.3) is 0 Å². The number of aromatic nitrogens is 2. The van der Waals surface area contributed by atoms with Gasteiger partial charge in [0, 0.05) is 0 Å². The van der Waals surface area contributed by atoms with Gasteiger partial charge in [-0.3, -0.25) is 0 Å². The minimum Gasteiger partial charge on any atom is -0.396 e. The maximum atomic E-state index is 12.3. The molecule has 1 rings (SSSR count). The highest BCUT2D eigenvalue weighted by Crippen LogP contribution is 2.22. The molecule has 0 aliphatic heterocycles. The monoisotopic (exact) mass is 257 g/mol. The van der Waals surface area contributed by atoms with Gasteiger partial charge in [0.15, 0.2) is 5.82 Å². The normalized spacial score (nSPS) is 12.1. The second kappa shape index (κ2) is 5.21. The van der Waals surface area contributed by atoms with Crippen LogP contribution in [0.4, 0.5) is 27.6 Å². The number of hydrogen-bond acceptors (Lipinski definition) is 4. The van der Waals surface area contributed by atoms with Gasteiger partial charge in [0.2, 0.25) is 0 Å². The van der Waals surface area contributed by atoms with Crippen LogP contribution >= 0.6 is 0 Å². The highest BCUT2D eigenvalue weighted by molar-refractivity contribution is 5.40. The standard InChI is InChI=1S/C8H8F5N3O/c9-7(10)6-4(14)1-15-5(16-6)2-17-3-8(11,12)13/h1,7H,2-3,14H2. The van der Waals surface area contributed by atoms with Crippen LogP contribution in [0.1, 0.15) is 17.9 Å². The van der Waals surface area contributed by atoms with Gasteiger partial charge in [-0.1, -0.05) is 0 Å². The average Bonchev–Trinajstić information content (AvgIpc) is 2.18. The van der Waals surface area contributed by atoms with Gasteiger partial charge in [-0.05, 0) is 0 Å². The van der Waals surface area contributed by atoms with Crippen molar-refractivity contribution in [2.45, 2.75) is 19.2 Å². The Bertz CT molecular complexity index is 382. The number of alkyl halides is 5. The molecule has 0 aromatic carbocycles. The fraction of sp³-hybridized carbons (Fsp3) is 0.500. The van der Waals surface area contributed by atoms with E-state index in [0.717, 1.165) is 6.20 Å². The summed E-state index contributed by atoms with van der Waals surface area (Å²) in [7, 11) is 0. The quantitative estimate of drug-likeness (QED) is 0.839. The van der Waals surface area contributed by atoms with Crippen molar-refractivity contribution in [2.75, 3.05) is 12.3 Å². The number of rotatable bonds is 4. The van der Waals surface area contributed by atoms with E-state index in [1.54, 1.807) is 0 Å². The van der Waals surface area contributed by atoms with Gasteiger partial charge in [0.05, 0.1) is 11.9 Å². The van der Waals surface area contributed by atoms with Crippen molar-refractivity contribution in [1.29, 1.82) is 0 Å². The Morgan fingerprint density at radius 2 is 2.00 bits per heavy atom. The Labute approximate surface area is 92.6 Å². The lowest BCUT2D eigenvalue weighted by atomic mass is 10.3. The summed E-state index contributed by atoms with van der Waals surface area (Å²) in [5, 5.41) is 0. The summed E-state index contributed by atoms with van der Waals surface area (Å²) in [6, 6.07) is 0. The Morgan fingerprint density at radius 3 is 2.53 bits per heavy atom. The molecule has 0 saturated carbocycles. The molecule has 1 heterocycles. The van der Waals surface area contributed by atoms with E-state index in [9.17, 15) is 22.0 Å². The number of nitrogens with two attached hydrogens (primary N) is 1. The van der Waals surface area contributed by atoms with E-state index in [0.29, 0.717) is 0 Å². The number of ether oxygens (including phenoxy) is 1. The van der Waals surface area contributed by atoms with E-state index in [1.165, 1.54) is 0 Å². The summed E-state index contributed by atoms with van der Waals surface area (Å²) < 4.78 is 64.1. The highest BCUT2D eigenvalue weighted by Gasteiger charge is 2.27. The Balaban J connectivity index is 2.64. The lowest BCUT2D eigenvalue weighted by Crippen LogP contribution is -2.17. The van der Waals surface area contributed by atoms with Crippen molar-refractivity contribution in [3.63, 3.8) is 0 Å². The van der Waals surface area contributed by atoms with Crippen LogP contribution in [0.3, 0.4) is 0 Å². The molecule has 0 unspecified atom stereocenters. The molecule has 1 aromatic rings. The summed E-state index contributed by atoms with van der Waals surface area (Å²) in [6.45, 7) is -2.11. The largest absolute Gasteiger partial charge is 0.411 e. The van der Waals surface area contributed by atoms with Gasteiger partial charge >= 0.3 is 6.18 Å². The molecule has 0 bridgehead atoms. The molecule has 0 radical (unpaired) electrons. The smallest absolute Gasteiger partial charge is 0.396 e. The third-order valence-electron chi connectivity index (χ3n) is 1.60. The molecule has 0 aliphatic carbocycles. The maximum absolute atomic E-state index is 12.3. The molecule has 0 atom stereocenters. The molecular weight excluding hydrogens is 249 g/mol. The van der Waals surface area contributed by atoms with Crippen LogP contribution in [0.15, 0.2) is 6.20 Å². The maximum Gasteiger partial charge on any atom is 0.411 e. The summed E-state index contributed by atoms with van der Waals surface area (Å²) in [4.78, 5) is 6.79. The van der Waals surface area contributed by atoms with Crippen molar-refractivity contribution in [3.05, 3.63) is 17.7 Å². The summed E-state index contributed by atoms with van der Waals surface area (Å²) in [6.07, 6.45) is -6.50. The van der Waals surface area contributed by atoms with E-state index < -0.39 is 31.5 Å². The van der Waals surface area contributed by atoms with Gasteiger partial charge < -0.3 is 10.5 Å². The third-order valence-corrected chi connectivity index (χ3v) is 1.60. The molecule has 0 amide bonds. The zero-order valence-corrected chi connectivity index (χ0v) is 8.34. The number of nitrogen functional groups attached to an aromatic ring is 1. The molecule has 2 N–H and O–H groups in total. The van der Waals surface area contributed by atoms with Crippen molar-refractivity contribution in [1.82, 2.24) is 9.97 Å². The molecule has 17 heavy (non-hydrogen) atoms. The molecule has 0 saturated heterocycles. The second-order valence-corrected chi connectivity index (χ2v) is 3.04. The molecule has 0 spiro atoms. The number of nitrogens with zero attached hydrogens (tertiary/aromatic N) is 2. The van der Waals surface area contributed by atoms with E-state index in [2.05, 4.69) is 14.7 Å². The fourth-order valence-electron chi connectivity index (χ4n) is 0.945. The lowest BCUT2D eigenvalue weighted by Gasteiger charge is -2.08. The SMILES string of the molecule is Nc1cnc(COCC(F)(F)F)nc1C(F)F. The van der Waals surface area contributed by atoms with Gasteiger partial charge in [-0.25, -0.2) is 18.7 Å². The lowest BCUT2D eigenvalue weighted by molar-refractivity contribution is -0.177. The van der Waals surface area contributed by atoms with Crippen LogP contribution in [-0.2, 0) is 11.3 Å². The van der Waals surface area contributed by atoms with Crippen LogP contribution < -0.4 is 5.73 Å². The first-order chi connectivity index (χ1) is 7.79. The van der Waals surface area contributed by atoms with Crippen LogP contribution in [0.2, 0.25) is 0 Å². The Hall–Kier alpha value is -1.51. The van der Waals surface area contributed by atoms with E-state index in [-0.39, 0.29) is 11.5 Å². The number of halogens is 5. The van der Waals surface area contributed by atoms with Crippen molar-refractivity contribution < 1.29 is 26.7 Å². The summed E-state index contributed by atoms with van der Waals surface area (Å²) in [5.41, 5.74) is 4.13. The first-order valence-corrected chi connectivity index (χ1v) is 4.33. The highest BCUT2D eigenvalue weighted by atomic mass is 19.4. The van der Waals surface area contributed by atoms with Crippen LogP contribution in [0.5, 0.6) is 0 Å². The molecule has 4 nitrogen and oxygen atoms in total. The van der Waals surface area contributed by atoms with Gasteiger partial charge in [-0.15, -0.1) is 0 Å². The zero-order valence-electron chi connectivity index (χ0n) is 8.34.